The van der Waals surface area contributed by atoms with Gasteiger partial charge in [-0.15, -0.1) is 11.3 Å². The Morgan fingerprint density at radius 2 is 1.95 bits per heavy atom. The van der Waals surface area contributed by atoms with Crippen molar-refractivity contribution in [3.05, 3.63) is 65.1 Å². The first-order chi connectivity index (χ1) is 10.3. The standard InChI is InChI=1S/C16H10N2O2S/c19-15-11-9-13(10-5-2-1-3-6-10)21-16(11)18-14(17-15)12-7-4-8-20-12/h1-9H,(H,17,18,19). The van der Waals surface area contributed by atoms with Crippen LogP contribution in [0.5, 0.6) is 0 Å². The van der Waals surface area contributed by atoms with Gasteiger partial charge in [-0.2, -0.15) is 0 Å². The van der Waals surface area contributed by atoms with Crippen molar-refractivity contribution in [1.29, 1.82) is 0 Å². The molecule has 4 rings (SSSR count). The van der Waals surface area contributed by atoms with E-state index in [0.717, 1.165) is 10.4 Å². The predicted molar refractivity (Wildman–Crippen MR) is 83.4 cm³/mol. The highest BCUT2D eigenvalue weighted by Crippen LogP contribution is 2.31. The van der Waals surface area contributed by atoms with Gasteiger partial charge in [0.15, 0.2) is 11.6 Å². The summed E-state index contributed by atoms with van der Waals surface area (Å²) in [4.78, 5) is 21.2. The zero-order valence-electron chi connectivity index (χ0n) is 10.9. The summed E-state index contributed by atoms with van der Waals surface area (Å²) in [5.74, 6) is 1.02. The second kappa shape index (κ2) is 4.71. The summed E-state index contributed by atoms with van der Waals surface area (Å²) >= 11 is 1.50. The Bertz CT molecular complexity index is 953. The molecule has 0 saturated carbocycles. The minimum absolute atomic E-state index is 0.148. The summed E-state index contributed by atoms with van der Waals surface area (Å²) in [6, 6.07) is 15.4. The fourth-order valence-corrected chi connectivity index (χ4v) is 3.24. The number of nitrogens with zero attached hydrogens (tertiary/aromatic N) is 1. The van der Waals surface area contributed by atoms with E-state index >= 15 is 0 Å². The minimum atomic E-state index is -0.148. The lowest BCUT2D eigenvalue weighted by molar-refractivity contribution is 0.577. The molecular formula is C16H10N2O2S. The molecule has 1 aromatic carbocycles. The first-order valence-electron chi connectivity index (χ1n) is 6.44. The summed E-state index contributed by atoms with van der Waals surface area (Å²) < 4.78 is 5.29. The first-order valence-corrected chi connectivity index (χ1v) is 7.26. The lowest BCUT2D eigenvalue weighted by Gasteiger charge is -1.95. The second-order valence-corrected chi connectivity index (χ2v) is 5.62. The Balaban J connectivity index is 1.92. The quantitative estimate of drug-likeness (QED) is 0.609. The van der Waals surface area contributed by atoms with Crippen molar-refractivity contribution in [1.82, 2.24) is 9.97 Å². The molecule has 21 heavy (non-hydrogen) atoms. The van der Waals surface area contributed by atoms with Gasteiger partial charge in [0.05, 0.1) is 11.6 Å². The highest BCUT2D eigenvalue weighted by Gasteiger charge is 2.12. The minimum Gasteiger partial charge on any atom is -0.461 e. The van der Waals surface area contributed by atoms with Gasteiger partial charge in [-0.3, -0.25) is 4.79 Å². The van der Waals surface area contributed by atoms with Gasteiger partial charge in [-0.25, -0.2) is 4.98 Å². The number of aromatic amines is 1. The normalized spacial score (nSPS) is 11.0. The molecule has 0 aliphatic carbocycles. The lowest BCUT2D eigenvalue weighted by Crippen LogP contribution is -2.07. The monoisotopic (exact) mass is 294 g/mol. The number of nitrogens with one attached hydrogen (secondary N) is 1. The summed E-state index contributed by atoms with van der Waals surface area (Å²) in [6.45, 7) is 0. The molecule has 0 aliphatic rings. The summed E-state index contributed by atoms with van der Waals surface area (Å²) in [6.07, 6.45) is 1.56. The van der Waals surface area contributed by atoms with Crippen LogP contribution < -0.4 is 5.56 Å². The van der Waals surface area contributed by atoms with Gasteiger partial charge in [-0.1, -0.05) is 30.3 Å². The molecule has 4 aromatic rings. The number of hydrogen-bond donors (Lipinski definition) is 1. The van der Waals surface area contributed by atoms with E-state index in [1.807, 2.05) is 36.4 Å². The highest BCUT2D eigenvalue weighted by atomic mass is 32.1. The van der Waals surface area contributed by atoms with Crippen LogP contribution in [0.4, 0.5) is 0 Å². The van der Waals surface area contributed by atoms with Gasteiger partial charge >= 0.3 is 0 Å². The van der Waals surface area contributed by atoms with Gasteiger partial charge in [-0.05, 0) is 23.8 Å². The third-order valence-electron chi connectivity index (χ3n) is 3.22. The van der Waals surface area contributed by atoms with Crippen LogP contribution in [0.3, 0.4) is 0 Å². The fourth-order valence-electron chi connectivity index (χ4n) is 2.21. The van der Waals surface area contributed by atoms with E-state index in [-0.39, 0.29) is 5.56 Å². The smallest absolute Gasteiger partial charge is 0.260 e. The zero-order valence-corrected chi connectivity index (χ0v) is 11.7. The molecule has 0 bridgehead atoms. The van der Waals surface area contributed by atoms with Gasteiger partial charge in [0.25, 0.3) is 5.56 Å². The number of H-pyrrole nitrogens is 1. The third kappa shape index (κ3) is 2.08. The SMILES string of the molecule is O=c1[nH]c(-c2ccco2)nc2sc(-c3ccccc3)cc12. The summed E-state index contributed by atoms with van der Waals surface area (Å²) in [5.41, 5.74) is 0.935. The van der Waals surface area contributed by atoms with E-state index in [0.29, 0.717) is 21.8 Å². The Hall–Kier alpha value is -2.66. The van der Waals surface area contributed by atoms with E-state index in [9.17, 15) is 4.79 Å². The number of aromatic nitrogens is 2. The maximum Gasteiger partial charge on any atom is 0.260 e. The second-order valence-electron chi connectivity index (χ2n) is 4.59. The fraction of sp³-hybridized carbons (Fsp3) is 0. The van der Waals surface area contributed by atoms with Gasteiger partial charge < -0.3 is 9.40 Å². The van der Waals surface area contributed by atoms with Crippen molar-refractivity contribution in [3.8, 4) is 22.0 Å². The van der Waals surface area contributed by atoms with E-state index < -0.39 is 0 Å². The Morgan fingerprint density at radius 3 is 2.71 bits per heavy atom. The molecule has 4 nitrogen and oxygen atoms in total. The van der Waals surface area contributed by atoms with Gasteiger partial charge in [0, 0.05) is 4.88 Å². The molecule has 0 aliphatic heterocycles. The molecule has 0 saturated heterocycles. The van der Waals surface area contributed by atoms with E-state index in [2.05, 4.69) is 9.97 Å². The van der Waals surface area contributed by atoms with Gasteiger partial charge in [0.2, 0.25) is 0 Å². The number of thiophene rings is 1. The molecular weight excluding hydrogens is 284 g/mol. The molecule has 102 valence electrons. The summed E-state index contributed by atoms with van der Waals surface area (Å²) in [7, 11) is 0. The zero-order chi connectivity index (χ0) is 14.2. The van der Waals surface area contributed by atoms with Crippen molar-refractivity contribution >= 4 is 21.6 Å². The topological polar surface area (TPSA) is 58.9 Å². The molecule has 0 fully saturated rings. The lowest BCUT2D eigenvalue weighted by atomic mass is 10.2. The number of fused-ring (bicyclic) bond motifs is 1. The number of furan rings is 1. The Labute approximate surface area is 123 Å². The van der Waals surface area contributed by atoms with Crippen LogP contribution >= 0.6 is 11.3 Å². The molecule has 3 aromatic heterocycles. The van der Waals surface area contributed by atoms with Crippen molar-refractivity contribution in [3.63, 3.8) is 0 Å². The van der Waals surface area contributed by atoms with Crippen molar-refractivity contribution in [2.45, 2.75) is 0 Å². The van der Waals surface area contributed by atoms with Crippen LogP contribution in [0.2, 0.25) is 0 Å². The molecule has 3 heterocycles. The van der Waals surface area contributed by atoms with E-state index in [4.69, 9.17) is 4.42 Å². The maximum absolute atomic E-state index is 12.2. The first kappa shape index (κ1) is 12.1. The number of hydrogen-bond acceptors (Lipinski definition) is 4. The summed E-state index contributed by atoms with van der Waals surface area (Å²) in [5, 5.41) is 0.606. The average Bonchev–Trinajstić information content (AvgIpc) is 3.17. The molecule has 0 amide bonds. The van der Waals surface area contributed by atoms with Crippen molar-refractivity contribution < 1.29 is 4.42 Å². The van der Waals surface area contributed by atoms with Crippen LogP contribution in [-0.2, 0) is 0 Å². The van der Waals surface area contributed by atoms with E-state index in [1.54, 1.807) is 18.4 Å². The van der Waals surface area contributed by atoms with Crippen LogP contribution in [0.1, 0.15) is 0 Å². The average molecular weight is 294 g/mol. The highest BCUT2D eigenvalue weighted by molar-refractivity contribution is 7.21. The Kier molecular flexibility index (Phi) is 2.72. The van der Waals surface area contributed by atoms with Crippen LogP contribution in [0, 0.1) is 0 Å². The molecule has 0 unspecified atom stereocenters. The van der Waals surface area contributed by atoms with Crippen LogP contribution in [-0.4, -0.2) is 9.97 Å². The van der Waals surface area contributed by atoms with Crippen molar-refractivity contribution in [2.75, 3.05) is 0 Å². The molecule has 0 radical (unpaired) electrons. The molecule has 0 spiro atoms. The molecule has 1 N–H and O–H groups in total. The number of rotatable bonds is 2. The van der Waals surface area contributed by atoms with Crippen LogP contribution in [0.25, 0.3) is 32.2 Å². The van der Waals surface area contributed by atoms with Crippen LogP contribution in [0.15, 0.2) is 64.0 Å². The predicted octanol–water partition coefficient (Wildman–Crippen LogP) is 3.91. The largest absolute Gasteiger partial charge is 0.461 e. The third-order valence-corrected chi connectivity index (χ3v) is 4.29. The van der Waals surface area contributed by atoms with E-state index in [1.165, 1.54) is 11.3 Å². The van der Waals surface area contributed by atoms with Gasteiger partial charge in [0.1, 0.15) is 4.83 Å². The van der Waals surface area contributed by atoms with Crippen molar-refractivity contribution in [2.24, 2.45) is 0 Å². The molecule has 0 atom stereocenters. The maximum atomic E-state index is 12.2. The number of benzene rings is 1. The Morgan fingerprint density at radius 1 is 1.10 bits per heavy atom. The molecule has 5 heteroatoms.